The number of nitrogens with one attached hydrogen (secondary N) is 2. The number of anilines is 1. The molecule has 36 heavy (non-hydrogen) atoms. The molecule has 1 unspecified atom stereocenters. The van der Waals surface area contributed by atoms with E-state index in [0.29, 0.717) is 65.3 Å². The molecule has 1 saturated heterocycles. The predicted molar refractivity (Wildman–Crippen MR) is 139 cm³/mol. The number of benzene rings is 2. The van der Waals surface area contributed by atoms with E-state index < -0.39 is 5.97 Å². The second-order valence-electron chi connectivity index (χ2n) is 8.69. The smallest absolute Gasteiger partial charge is 0.339 e. The number of hydrogen-bond acceptors (Lipinski definition) is 7. The molecular weight excluding hydrogens is 482 g/mol. The molecule has 3 aromatic rings. The van der Waals surface area contributed by atoms with E-state index in [1.807, 2.05) is 23.1 Å². The maximum absolute atomic E-state index is 13.0. The summed E-state index contributed by atoms with van der Waals surface area (Å²) >= 11 is 5.75. The molecule has 0 aliphatic carbocycles. The number of thiocarbonyl (C=S) groups is 1. The predicted octanol–water partition coefficient (Wildman–Crippen LogP) is 3.46. The van der Waals surface area contributed by atoms with Crippen LogP contribution in [0, 0.1) is 0 Å². The fourth-order valence-electron chi connectivity index (χ4n) is 4.44. The van der Waals surface area contributed by atoms with Crippen LogP contribution in [0.4, 0.5) is 5.69 Å². The number of ether oxygens (including phenoxy) is 4. The molecule has 2 aliphatic rings. The average Bonchev–Trinajstić information content (AvgIpc) is 3.40. The van der Waals surface area contributed by atoms with Crippen LogP contribution in [0.15, 0.2) is 47.3 Å². The molecule has 3 heterocycles. The van der Waals surface area contributed by atoms with Crippen molar-refractivity contribution in [3.8, 4) is 11.5 Å². The van der Waals surface area contributed by atoms with E-state index in [0.717, 1.165) is 18.2 Å². The first-order valence-electron chi connectivity index (χ1n) is 11.8. The van der Waals surface area contributed by atoms with Gasteiger partial charge in [-0.25, -0.2) is 4.79 Å². The normalized spacial score (nSPS) is 16.5. The number of aromatic nitrogens is 1. The molecule has 1 aromatic heterocycles. The van der Waals surface area contributed by atoms with Crippen LogP contribution in [0.1, 0.15) is 28.8 Å². The minimum absolute atomic E-state index is 0.00212. The second-order valence-corrected chi connectivity index (χ2v) is 9.08. The molecule has 2 aliphatic heterocycles. The lowest BCUT2D eigenvalue weighted by Gasteiger charge is -2.28. The number of nitrogens with zero attached hydrogens (tertiary/aromatic N) is 1. The zero-order chi connectivity index (χ0) is 25.1. The van der Waals surface area contributed by atoms with Gasteiger partial charge in [0.05, 0.1) is 36.5 Å². The van der Waals surface area contributed by atoms with Gasteiger partial charge in [0.2, 0.25) is 0 Å². The number of carbonyl (C=O) groups is 1. The molecule has 2 aromatic carbocycles. The minimum Gasteiger partial charge on any atom is -0.486 e. The van der Waals surface area contributed by atoms with Crippen molar-refractivity contribution >= 4 is 39.9 Å². The summed E-state index contributed by atoms with van der Waals surface area (Å²) < 4.78 is 22.1. The Morgan fingerprint density at radius 3 is 2.69 bits per heavy atom. The lowest BCUT2D eigenvalue weighted by molar-refractivity contribution is 0.0602. The molecule has 1 fully saturated rings. The summed E-state index contributed by atoms with van der Waals surface area (Å²) in [6.07, 6.45) is 1.89. The minimum atomic E-state index is -0.466. The van der Waals surface area contributed by atoms with E-state index in [-0.39, 0.29) is 18.2 Å². The van der Waals surface area contributed by atoms with Crippen molar-refractivity contribution in [3.05, 3.63) is 63.9 Å². The fraction of sp³-hybridized carbons (Fsp3) is 0.346. The summed E-state index contributed by atoms with van der Waals surface area (Å²) in [5.74, 6) is 0.804. The molecule has 188 valence electrons. The number of methoxy groups -OCH3 is 1. The van der Waals surface area contributed by atoms with Crippen molar-refractivity contribution in [2.45, 2.75) is 25.5 Å². The maximum Gasteiger partial charge on any atom is 0.339 e. The zero-order valence-corrected chi connectivity index (χ0v) is 20.7. The molecule has 2 N–H and O–H groups in total. The first-order chi connectivity index (χ1) is 17.5. The summed E-state index contributed by atoms with van der Waals surface area (Å²) in [6, 6.07) is 12.5. The topological polar surface area (TPSA) is 102 Å². The van der Waals surface area contributed by atoms with Gasteiger partial charge in [-0.1, -0.05) is 12.1 Å². The number of pyridine rings is 1. The summed E-state index contributed by atoms with van der Waals surface area (Å²) in [4.78, 5) is 30.1. The van der Waals surface area contributed by atoms with Crippen molar-refractivity contribution in [1.82, 2.24) is 9.88 Å². The van der Waals surface area contributed by atoms with Crippen LogP contribution < -0.4 is 20.3 Å². The van der Waals surface area contributed by atoms with Gasteiger partial charge in [0, 0.05) is 30.2 Å². The van der Waals surface area contributed by atoms with Crippen LogP contribution in [0.25, 0.3) is 10.9 Å². The molecule has 0 saturated carbocycles. The lowest BCUT2D eigenvalue weighted by atomic mass is 10.1. The molecule has 0 amide bonds. The zero-order valence-electron chi connectivity index (χ0n) is 19.9. The number of para-hydroxylation sites is 1. The van der Waals surface area contributed by atoms with Crippen LogP contribution in [-0.4, -0.2) is 60.5 Å². The maximum atomic E-state index is 13.0. The van der Waals surface area contributed by atoms with Gasteiger partial charge in [0.1, 0.15) is 13.2 Å². The van der Waals surface area contributed by atoms with E-state index >= 15 is 0 Å². The van der Waals surface area contributed by atoms with Crippen molar-refractivity contribution in [3.63, 3.8) is 0 Å². The Morgan fingerprint density at radius 1 is 1.17 bits per heavy atom. The quantitative estimate of drug-likeness (QED) is 0.382. The van der Waals surface area contributed by atoms with Crippen LogP contribution in [-0.2, 0) is 16.0 Å². The number of aromatic amines is 1. The standard InChI is InChI=1S/C26H27N3O6S/c1-32-25(31)19-6-2-3-7-20(19)28-26(36)29(15-18-5-4-8-33-18)14-17-11-16-12-22-23(35-10-9-34-22)13-21(16)27-24(17)30/h2-3,6-7,11-13,18H,4-5,8-10,14-15H2,1H3,(H,27,30)(H,28,36). The van der Waals surface area contributed by atoms with Crippen molar-refractivity contribution < 1.29 is 23.7 Å². The van der Waals surface area contributed by atoms with Crippen molar-refractivity contribution in [2.75, 3.05) is 38.8 Å². The summed E-state index contributed by atoms with van der Waals surface area (Å²) in [6.45, 7) is 2.42. The largest absolute Gasteiger partial charge is 0.486 e. The van der Waals surface area contributed by atoms with Crippen LogP contribution in [0.5, 0.6) is 11.5 Å². The molecule has 1 atom stereocenters. The van der Waals surface area contributed by atoms with Crippen LogP contribution in [0.2, 0.25) is 0 Å². The van der Waals surface area contributed by atoms with Gasteiger partial charge in [-0.15, -0.1) is 0 Å². The number of esters is 1. The number of rotatable bonds is 6. The summed E-state index contributed by atoms with van der Waals surface area (Å²) in [5, 5.41) is 4.38. The second kappa shape index (κ2) is 10.5. The van der Waals surface area contributed by atoms with Crippen LogP contribution in [0.3, 0.4) is 0 Å². The number of carbonyl (C=O) groups excluding carboxylic acids is 1. The highest BCUT2D eigenvalue weighted by Gasteiger charge is 2.23. The molecule has 0 radical (unpaired) electrons. The number of hydrogen-bond donors (Lipinski definition) is 2. The first-order valence-corrected chi connectivity index (χ1v) is 12.2. The Balaban J connectivity index is 1.44. The Labute approximate surface area is 213 Å². The Bertz CT molecular complexity index is 1350. The van der Waals surface area contributed by atoms with E-state index in [2.05, 4.69) is 10.3 Å². The van der Waals surface area contributed by atoms with E-state index in [1.54, 1.807) is 24.3 Å². The molecule has 0 spiro atoms. The highest BCUT2D eigenvalue weighted by atomic mass is 32.1. The molecule has 10 heteroatoms. The number of fused-ring (bicyclic) bond motifs is 2. The third kappa shape index (κ3) is 5.14. The SMILES string of the molecule is COC(=O)c1ccccc1NC(=S)N(Cc1cc2cc3c(cc2[nH]c1=O)OCCO3)CC1CCCO1. The van der Waals surface area contributed by atoms with Crippen molar-refractivity contribution in [1.29, 1.82) is 0 Å². The highest BCUT2D eigenvalue weighted by molar-refractivity contribution is 7.80. The van der Waals surface area contributed by atoms with Gasteiger partial charge in [0.25, 0.3) is 5.56 Å². The van der Waals surface area contributed by atoms with Gasteiger partial charge in [-0.05, 0) is 49.3 Å². The monoisotopic (exact) mass is 509 g/mol. The summed E-state index contributed by atoms with van der Waals surface area (Å²) in [7, 11) is 1.33. The average molecular weight is 510 g/mol. The molecule has 0 bridgehead atoms. The van der Waals surface area contributed by atoms with Gasteiger partial charge < -0.3 is 34.1 Å². The Hall–Kier alpha value is -3.63. The third-order valence-corrected chi connectivity index (χ3v) is 6.61. The first kappa shape index (κ1) is 24.1. The number of H-pyrrole nitrogens is 1. The van der Waals surface area contributed by atoms with Crippen LogP contribution >= 0.6 is 12.2 Å². The molecular formula is C26H27N3O6S. The molecule has 5 rings (SSSR count). The van der Waals surface area contributed by atoms with E-state index in [1.165, 1.54) is 7.11 Å². The van der Waals surface area contributed by atoms with E-state index in [4.69, 9.17) is 31.2 Å². The van der Waals surface area contributed by atoms with Gasteiger partial charge in [-0.3, -0.25) is 4.79 Å². The Morgan fingerprint density at radius 2 is 1.94 bits per heavy atom. The van der Waals surface area contributed by atoms with Gasteiger partial charge in [-0.2, -0.15) is 0 Å². The van der Waals surface area contributed by atoms with E-state index in [9.17, 15) is 9.59 Å². The lowest BCUT2D eigenvalue weighted by Crippen LogP contribution is -2.40. The summed E-state index contributed by atoms with van der Waals surface area (Å²) in [5.41, 5.74) is 1.90. The van der Waals surface area contributed by atoms with Gasteiger partial charge >= 0.3 is 5.97 Å². The highest BCUT2D eigenvalue weighted by Crippen LogP contribution is 2.33. The Kier molecular flexibility index (Phi) is 7.06. The fourth-order valence-corrected chi connectivity index (χ4v) is 4.69. The third-order valence-electron chi connectivity index (χ3n) is 6.25. The van der Waals surface area contributed by atoms with Crippen molar-refractivity contribution in [2.24, 2.45) is 0 Å². The van der Waals surface area contributed by atoms with Gasteiger partial charge in [0.15, 0.2) is 16.6 Å². The molecule has 9 nitrogen and oxygen atoms in total.